The zero-order valence-electron chi connectivity index (χ0n) is 9.95. The zero-order valence-corrected chi connectivity index (χ0v) is 9.95. The Hall–Kier alpha value is -0.610. The molecule has 1 rings (SSSR count). The van der Waals surface area contributed by atoms with Crippen molar-refractivity contribution in [3.05, 3.63) is 0 Å². The fourth-order valence-corrected chi connectivity index (χ4v) is 2.20. The van der Waals surface area contributed by atoms with Crippen LogP contribution >= 0.6 is 0 Å². The highest BCUT2D eigenvalue weighted by Gasteiger charge is 2.34. The number of nitrogens with zero attached hydrogens (tertiary/aromatic N) is 1. The third-order valence-corrected chi connectivity index (χ3v) is 2.87. The minimum absolute atomic E-state index is 0.198. The van der Waals surface area contributed by atoms with Crippen LogP contribution in [-0.2, 0) is 9.53 Å². The molecule has 2 unspecified atom stereocenters. The fraction of sp³-hybridized carbons (Fsp3) is 0.909. The van der Waals surface area contributed by atoms with E-state index in [1.807, 2.05) is 4.90 Å². The molecule has 0 spiro atoms. The van der Waals surface area contributed by atoms with Gasteiger partial charge in [-0.3, -0.25) is 10.1 Å². The van der Waals surface area contributed by atoms with Crippen LogP contribution in [0.1, 0.15) is 33.1 Å². The van der Waals surface area contributed by atoms with Crippen LogP contribution in [0.5, 0.6) is 0 Å². The van der Waals surface area contributed by atoms with Gasteiger partial charge in [-0.15, -0.1) is 0 Å². The van der Waals surface area contributed by atoms with E-state index in [0.717, 1.165) is 19.3 Å². The van der Waals surface area contributed by atoms with Crippen LogP contribution in [0.2, 0.25) is 0 Å². The summed E-state index contributed by atoms with van der Waals surface area (Å²) in [6, 6.07) is 0.229. The molecule has 4 heteroatoms. The number of nitrogens with one attached hydrogen (secondary N) is 1. The van der Waals surface area contributed by atoms with Gasteiger partial charge in [0, 0.05) is 7.11 Å². The first-order chi connectivity index (χ1) is 7.24. The van der Waals surface area contributed by atoms with Crippen LogP contribution < -0.4 is 5.32 Å². The maximum absolute atomic E-state index is 11.7. The Morgan fingerprint density at radius 2 is 2.33 bits per heavy atom. The Morgan fingerprint density at radius 3 is 2.87 bits per heavy atom. The number of hydrogen-bond donors (Lipinski definition) is 1. The van der Waals surface area contributed by atoms with Gasteiger partial charge in [-0.25, -0.2) is 0 Å². The molecule has 4 nitrogen and oxygen atoms in total. The van der Waals surface area contributed by atoms with E-state index in [1.165, 1.54) is 0 Å². The third-order valence-electron chi connectivity index (χ3n) is 2.87. The monoisotopic (exact) mass is 214 g/mol. The molecule has 1 N–H and O–H groups in total. The van der Waals surface area contributed by atoms with E-state index < -0.39 is 0 Å². The topological polar surface area (TPSA) is 41.6 Å². The summed E-state index contributed by atoms with van der Waals surface area (Å²) in [5.41, 5.74) is 0. The molecule has 0 radical (unpaired) electrons. The first-order valence-corrected chi connectivity index (χ1v) is 5.78. The van der Waals surface area contributed by atoms with Gasteiger partial charge in [0.1, 0.15) is 0 Å². The van der Waals surface area contributed by atoms with Crippen molar-refractivity contribution >= 4 is 5.91 Å². The van der Waals surface area contributed by atoms with Gasteiger partial charge in [0.15, 0.2) is 0 Å². The largest absolute Gasteiger partial charge is 0.383 e. The van der Waals surface area contributed by atoms with Crippen molar-refractivity contribution in [1.29, 1.82) is 0 Å². The number of carbonyl (C=O) groups excluding carboxylic acids is 1. The van der Waals surface area contributed by atoms with Gasteiger partial charge in [0.25, 0.3) is 0 Å². The lowest BCUT2D eigenvalue weighted by Crippen LogP contribution is -2.46. The van der Waals surface area contributed by atoms with Crippen molar-refractivity contribution in [3.63, 3.8) is 0 Å². The standard InChI is InChI=1S/C11H22N2O2/c1-4-6-9(8-15-3)13-10(5-2)12-7-11(13)14/h9-10,12H,4-8H2,1-3H3. The van der Waals surface area contributed by atoms with E-state index in [1.54, 1.807) is 7.11 Å². The fourth-order valence-electron chi connectivity index (χ4n) is 2.20. The van der Waals surface area contributed by atoms with Gasteiger partial charge >= 0.3 is 0 Å². The van der Waals surface area contributed by atoms with Crippen LogP contribution in [0.3, 0.4) is 0 Å². The molecule has 0 bridgehead atoms. The molecule has 1 saturated heterocycles. The molecule has 1 amide bonds. The lowest BCUT2D eigenvalue weighted by atomic mass is 10.1. The average molecular weight is 214 g/mol. The normalized spacial score (nSPS) is 23.5. The van der Waals surface area contributed by atoms with Crippen LogP contribution in [0.15, 0.2) is 0 Å². The van der Waals surface area contributed by atoms with E-state index in [9.17, 15) is 4.79 Å². The van der Waals surface area contributed by atoms with Crippen LogP contribution in [0, 0.1) is 0 Å². The molecule has 1 aliphatic rings. The van der Waals surface area contributed by atoms with Crippen molar-refractivity contribution in [1.82, 2.24) is 10.2 Å². The van der Waals surface area contributed by atoms with Gasteiger partial charge < -0.3 is 9.64 Å². The molecule has 15 heavy (non-hydrogen) atoms. The minimum atomic E-state index is 0.198. The summed E-state index contributed by atoms with van der Waals surface area (Å²) < 4.78 is 5.19. The predicted octanol–water partition coefficient (Wildman–Crippen LogP) is 0.969. The second kappa shape index (κ2) is 6.08. The lowest BCUT2D eigenvalue weighted by molar-refractivity contribution is -0.131. The van der Waals surface area contributed by atoms with Crippen molar-refractivity contribution in [3.8, 4) is 0 Å². The smallest absolute Gasteiger partial charge is 0.238 e. The van der Waals surface area contributed by atoms with Crippen molar-refractivity contribution in [2.24, 2.45) is 0 Å². The number of hydrogen-bond acceptors (Lipinski definition) is 3. The quantitative estimate of drug-likeness (QED) is 0.716. The Balaban J connectivity index is 2.65. The third kappa shape index (κ3) is 2.92. The summed E-state index contributed by atoms with van der Waals surface area (Å²) in [5, 5.41) is 3.22. The van der Waals surface area contributed by atoms with E-state index in [-0.39, 0.29) is 18.1 Å². The molecule has 1 aliphatic heterocycles. The van der Waals surface area contributed by atoms with E-state index >= 15 is 0 Å². The van der Waals surface area contributed by atoms with Gasteiger partial charge in [-0.05, 0) is 12.8 Å². The summed E-state index contributed by atoms with van der Waals surface area (Å²) in [7, 11) is 1.69. The average Bonchev–Trinajstić information content (AvgIpc) is 2.59. The van der Waals surface area contributed by atoms with Gasteiger partial charge in [-0.2, -0.15) is 0 Å². The molecule has 0 saturated carbocycles. The predicted molar refractivity (Wildman–Crippen MR) is 59.5 cm³/mol. The Bertz CT molecular complexity index is 203. The molecule has 0 aliphatic carbocycles. The molecular formula is C11H22N2O2. The number of amides is 1. The zero-order chi connectivity index (χ0) is 11.3. The van der Waals surface area contributed by atoms with Gasteiger partial charge in [0.2, 0.25) is 5.91 Å². The second-order valence-corrected chi connectivity index (χ2v) is 4.00. The van der Waals surface area contributed by atoms with Crippen LogP contribution in [0.4, 0.5) is 0 Å². The Labute approximate surface area is 92.0 Å². The number of ether oxygens (including phenoxy) is 1. The molecule has 0 aromatic carbocycles. The van der Waals surface area contributed by atoms with Gasteiger partial charge in [-0.1, -0.05) is 20.3 Å². The Morgan fingerprint density at radius 1 is 1.60 bits per heavy atom. The summed E-state index contributed by atoms with van der Waals surface area (Å²) in [6.45, 7) is 5.34. The summed E-state index contributed by atoms with van der Waals surface area (Å²) in [6.07, 6.45) is 3.24. The van der Waals surface area contributed by atoms with Gasteiger partial charge in [0.05, 0.1) is 25.4 Å². The summed E-state index contributed by atoms with van der Waals surface area (Å²) >= 11 is 0. The van der Waals surface area contributed by atoms with Crippen LogP contribution in [-0.4, -0.2) is 43.3 Å². The molecule has 1 fully saturated rings. The highest BCUT2D eigenvalue weighted by atomic mass is 16.5. The molecule has 1 heterocycles. The summed E-state index contributed by atoms with van der Waals surface area (Å²) in [5.74, 6) is 0.206. The molecule has 2 atom stereocenters. The molecular weight excluding hydrogens is 192 g/mol. The number of methoxy groups -OCH3 is 1. The minimum Gasteiger partial charge on any atom is -0.383 e. The number of carbonyl (C=O) groups is 1. The van der Waals surface area contributed by atoms with E-state index in [2.05, 4.69) is 19.2 Å². The SMILES string of the molecule is CCCC(COC)N1C(=O)CNC1CC. The summed E-state index contributed by atoms with van der Waals surface area (Å²) in [4.78, 5) is 13.7. The first kappa shape index (κ1) is 12.5. The first-order valence-electron chi connectivity index (χ1n) is 5.78. The lowest BCUT2D eigenvalue weighted by Gasteiger charge is -2.31. The molecule has 88 valence electrons. The highest BCUT2D eigenvalue weighted by molar-refractivity contribution is 5.81. The molecule has 0 aromatic heterocycles. The number of rotatable bonds is 6. The molecule has 0 aromatic rings. The van der Waals surface area contributed by atoms with E-state index in [0.29, 0.717) is 13.2 Å². The maximum Gasteiger partial charge on any atom is 0.238 e. The Kier molecular flexibility index (Phi) is 5.05. The maximum atomic E-state index is 11.7. The van der Waals surface area contributed by atoms with Crippen molar-refractivity contribution in [2.75, 3.05) is 20.3 Å². The van der Waals surface area contributed by atoms with Crippen LogP contribution in [0.25, 0.3) is 0 Å². The van der Waals surface area contributed by atoms with E-state index in [4.69, 9.17) is 4.74 Å². The van der Waals surface area contributed by atoms with Crippen molar-refractivity contribution in [2.45, 2.75) is 45.3 Å². The second-order valence-electron chi connectivity index (χ2n) is 4.00. The highest BCUT2D eigenvalue weighted by Crippen LogP contribution is 2.16. The van der Waals surface area contributed by atoms with Crippen molar-refractivity contribution < 1.29 is 9.53 Å².